The fraction of sp³-hybridized carbons (Fsp3) is 0.562. The summed E-state index contributed by atoms with van der Waals surface area (Å²) >= 11 is 6.22. The number of nitriles is 1. The quantitative estimate of drug-likeness (QED) is 0.480. The van der Waals surface area contributed by atoms with Crippen LogP contribution in [0.3, 0.4) is 0 Å². The highest BCUT2D eigenvalue weighted by atomic mass is 35.5. The van der Waals surface area contributed by atoms with E-state index < -0.39 is 0 Å². The summed E-state index contributed by atoms with van der Waals surface area (Å²) in [6.45, 7) is 13.1. The highest BCUT2D eigenvalue weighted by molar-refractivity contribution is 6.31. The molecule has 2 aromatic rings. The van der Waals surface area contributed by atoms with Crippen LogP contribution in [0.2, 0.25) is 5.02 Å². The van der Waals surface area contributed by atoms with E-state index >= 15 is 0 Å². The monoisotopic (exact) mass is 548 g/mol. The summed E-state index contributed by atoms with van der Waals surface area (Å²) in [7, 11) is 0. The normalized spacial score (nSPS) is 28.1. The van der Waals surface area contributed by atoms with Gasteiger partial charge in [-0.05, 0) is 61.4 Å². The average Bonchev–Trinajstić information content (AvgIpc) is 2.95. The van der Waals surface area contributed by atoms with Gasteiger partial charge in [0.15, 0.2) is 0 Å². The third kappa shape index (κ3) is 5.55. The van der Waals surface area contributed by atoms with E-state index in [1.54, 1.807) is 18.2 Å². The number of hydrogen-bond donors (Lipinski definition) is 2. The van der Waals surface area contributed by atoms with Crippen molar-refractivity contribution in [2.45, 2.75) is 77.5 Å². The third-order valence-corrected chi connectivity index (χ3v) is 9.75. The van der Waals surface area contributed by atoms with Crippen molar-refractivity contribution in [1.29, 1.82) is 5.26 Å². The smallest absolute Gasteiger partial charge is 0.251 e. The Balaban J connectivity index is 1.18. The lowest BCUT2D eigenvalue weighted by atomic mass is 9.49. The van der Waals surface area contributed by atoms with E-state index in [9.17, 15) is 4.79 Å². The second kappa shape index (κ2) is 11.1. The van der Waals surface area contributed by atoms with Crippen LogP contribution in [0.15, 0.2) is 42.5 Å². The molecule has 0 spiro atoms. The Kier molecular flexibility index (Phi) is 7.97. The van der Waals surface area contributed by atoms with E-state index in [0.717, 1.165) is 19.1 Å². The first-order valence-corrected chi connectivity index (χ1v) is 14.7. The Morgan fingerprint density at radius 3 is 2.26 bits per heavy atom. The number of piperazine rings is 1. The minimum atomic E-state index is -0.289. The summed E-state index contributed by atoms with van der Waals surface area (Å²) in [5.41, 5.74) is 1.90. The largest absolute Gasteiger partial charge is 0.489 e. The van der Waals surface area contributed by atoms with Gasteiger partial charge in [-0.2, -0.15) is 5.26 Å². The predicted octanol–water partition coefficient (Wildman–Crippen LogP) is 5.76. The number of nitrogens with zero attached hydrogens (tertiary/aromatic N) is 2. The van der Waals surface area contributed by atoms with Crippen molar-refractivity contribution in [2.24, 2.45) is 10.8 Å². The fourth-order valence-electron chi connectivity index (χ4n) is 7.54. The molecule has 208 valence electrons. The van der Waals surface area contributed by atoms with Crippen LogP contribution in [0.5, 0.6) is 5.75 Å². The van der Waals surface area contributed by atoms with Gasteiger partial charge in [-0.1, -0.05) is 51.4 Å². The van der Waals surface area contributed by atoms with Crippen LogP contribution < -0.4 is 15.4 Å². The Labute approximate surface area is 238 Å². The lowest BCUT2D eigenvalue weighted by molar-refractivity contribution is -0.164. The van der Waals surface area contributed by atoms with Crippen molar-refractivity contribution >= 4 is 17.5 Å². The van der Waals surface area contributed by atoms with Gasteiger partial charge in [0, 0.05) is 60.7 Å². The zero-order valence-corrected chi connectivity index (χ0v) is 24.4. The Morgan fingerprint density at radius 1 is 1.03 bits per heavy atom. The number of nitrogens with one attached hydrogen (secondary N) is 2. The topological polar surface area (TPSA) is 77.4 Å². The molecule has 0 unspecified atom stereocenters. The molecule has 2 aromatic carbocycles. The molecule has 2 N–H and O–H groups in total. The zero-order valence-electron chi connectivity index (χ0n) is 23.6. The molecule has 0 aromatic heterocycles. The molecule has 5 rings (SSSR count). The summed E-state index contributed by atoms with van der Waals surface area (Å²) in [6, 6.07) is 16.2. The highest BCUT2D eigenvalue weighted by Crippen LogP contribution is 2.55. The molecule has 0 atom stereocenters. The number of rotatable bonds is 6. The molecule has 7 heteroatoms. The second-order valence-corrected chi connectivity index (χ2v) is 13.1. The summed E-state index contributed by atoms with van der Waals surface area (Å²) < 4.78 is 6.36. The summed E-state index contributed by atoms with van der Waals surface area (Å²) in [6.07, 6.45) is 4.83. The molecule has 1 heterocycles. The van der Waals surface area contributed by atoms with E-state index in [1.807, 2.05) is 12.1 Å². The van der Waals surface area contributed by atoms with Crippen molar-refractivity contribution in [3.63, 3.8) is 0 Å². The van der Waals surface area contributed by atoms with Gasteiger partial charge >= 0.3 is 0 Å². The number of benzene rings is 2. The van der Waals surface area contributed by atoms with Crippen LogP contribution in [-0.4, -0.2) is 55.2 Å². The van der Waals surface area contributed by atoms with E-state index in [-0.39, 0.29) is 28.9 Å². The molecule has 39 heavy (non-hydrogen) atoms. The molecule has 2 aliphatic carbocycles. The summed E-state index contributed by atoms with van der Waals surface area (Å²) in [5.74, 6) is 1.17. The maximum absolute atomic E-state index is 13.3. The third-order valence-electron chi connectivity index (χ3n) is 9.44. The maximum Gasteiger partial charge on any atom is 0.251 e. The molecule has 3 aliphatic rings. The molecule has 1 aliphatic heterocycles. The number of carbonyl (C=O) groups is 1. The lowest BCUT2D eigenvalue weighted by Crippen LogP contribution is -2.74. The van der Waals surface area contributed by atoms with Gasteiger partial charge in [0.25, 0.3) is 5.91 Å². The maximum atomic E-state index is 13.3. The highest BCUT2D eigenvalue weighted by Gasteiger charge is 2.64. The van der Waals surface area contributed by atoms with E-state index in [1.165, 1.54) is 44.3 Å². The first-order valence-electron chi connectivity index (χ1n) is 14.3. The van der Waals surface area contributed by atoms with Crippen molar-refractivity contribution in [3.05, 3.63) is 64.2 Å². The molecular formula is C32H41ClN4O2. The Morgan fingerprint density at radius 2 is 1.67 bits per heavy atom. The van der Waals surface area contributed by atoms with Gasteiger partial charge in [0.1, 0.15) is 17.9 Å². The van der Waals surface area contributed by atoms with Crippen molar-refractivity contribution in [3.8, 4) is 11.8 Å². The number of ether oxygens (including phenoxy) is 1. The van der Waals surface area contributed by atoms with E-state index in [4.69, 9.17) is 21.6 Å². The van der Waals surface area contributed by atoms with Gasteiger partial charge in [-0.15, -0.1) is 0 Å². The standard InChI is InChI=1S/C32H41ClN4O2/c1-31(2)29(32(3,4)30(31)39-26-14-11-24(20-34)27(33)19-26)36-28(38)23-7-5-21(6-8-23)22-9-12-25(13-10-22)37-17-15-35-16-18-37/h5-8,11,14,19,22,25,29-30,35H,9-10,12-13,15-18H2,1-4H3,(H,36,38). The van der Waals surface area contributed by atoms with Gasteiger partial charge in [-0.25, -0.2) is 0 Å². The minimum Gasteiger partial charge on any atom is -0.489 e. The molecule has 1 amide bonds. The molecule has 6 nitrogen and oxygen atoms in total. The van der Waals surface area contributed by atoms with Crippen molar-refractivity contribution in [2.75, 3.05) is 26.2 Å². The van der Waals surface area contributed by atoms with E-state index in [0.29, 0.717) is 27.8 Å². The van der Waals surface area contributed by atoms with Gasteiger partial charge in [0.05, 0.1) is 10.6 Å². The minimum absolute atomic E-state index is 0.0463. The number of hydrogen-bond acceptors (Lipinski definition) is 5. The summed E-state index contributed by atoms with van der Waals surface area (Å²) in [4.78, 5) is 16.0. The molecule has 0 radical (unpaired) electrons. The van der Waals surface area contributed by atoms with Crippen molar-refractivity contribution in [1.82, 2.24) is 15.5 Å². The molecular weight excluding hydrogens is 508 g/mol. The van der Waals surface area contributed by atoms with Crippen molar-refractivity contribution < 1.29 is 9.53 Å². The van der Waals surface area contributed by atoms with E-state index in [2.05, 4.69) is 61.4 Å². The summed E-state index contributed by atoms with van der Waals surface area (Å²) in [5, 5.41) is 16.3. The van der Waals surface area contributed by atoms with Crippen LogP contribution in [0.4, 0.5) is 0 Å². The SMILES string of the molecule is CC1(C)C(NC(=O)c2ccc(C3CCC(N4CCNCC4)CC3)cc2)C(C)(C)C1Oc1ccc(C#N)c(Cl)c1. The predicted molar refractivity (Wildman–Crippen MR) is 155 cm³/mol. The van der Waals surface area contributed by atoms with Gasteiger partial charge in [-0.3, -0.25) is 9.69 Å². The van der Waals surface area contributed by atoms with Crippen LogP contribution in [-0.2, 0) is 0 Å². The average molecular weight is 549 g/mol. The molecule has 1 saturated heterocycles. The molecule has 2 saturated carbocycles. The number of halogens is 1. The Bertz CT molecular complexity index is 1210. The number of amides is 1. The first kappa shape index (κ1) is 28.0. The second-order valence-electron chi connectivity index (χ2n) is 12.7. The zero-order chi connectivity index (χ0) is 27.8. The lowest BCUT2D eigenvalue weighted by Gasteiger charge is -2.63. The Hall–Kier alpha value is -2.59. The molecule has 3 fully saturated rings. The van der Waals surface area contributed by atoms with Crippen LogP contribution >= 0.6 is 11.6 Å². The van der Waals surface area contributed by atoms with Gasteiger partial charge < -0.3 is 15.4 Å². The van der Waals surface area contributed by atoms with Crippen LogP contribution in [0, 0.1) is 22.2 Å². The van der Waals surface area contributed by atoms with Crippen LogP contribution in [0.1, 0.15) is 80.8 Å². The van der Waals surface area contributed by atoms with Crippen LogP contribution in [0.25, 0.3) is 0 Å². The van der Waals surface area contributed by atoms with Gasteiger partial charge in [0.2, 0.25) is 0 Å². The number of carbonyl (C=O) groups excluding carboxylic acids is 1. The first-order chi connectivity index (χ1) is 18.6. The molecule has 0 bridgehead atoms. The fourth-order valence-corrected chi connectivity index (χ4v) is 7.75.